The van der Waals surface area contributed by atoms with Crippen molar-refractivity contribution >= 4 is 27.5 Å². The van der Waals surface area contributed by atoms with Gasteiger partial charge in [0, 0.05) is 5.56 Å². The Morgan fingerprint density at radius 3 is 2.83 bits per heavy atom. The average molecular weight is 253 g/mol. The first kappa shape index (κ1) is 9.96. The van der Waals surface area contributed by atoms with Gasteiger partial charge in [-0.05, 0) is 22.0 Å². The summed E-state index contributed by atoms with van der Waals surface area (Å²) < 4.78 is 13.5. The molecule has 1 aromatic rings. The highest BCUT2D eigenvalue weighted by Gasteiger charge is 2.12. The van der Waals surface area contributed by atoms with Gasteiger partial charge in [0.25, 0.3) is 0 Å². The second-order valence-corrected chi connectivity index (χ2v) is 3.48. The lowest BCUT2D eigenvalue weighted by atomic mass is 10.1. The quantitative estimate of drug-likeness (QED) is 0.804. The number of benzene rings is 1. The third-order valence-electron chi connectivity index (χ3n) is 1.49. The summed E-state index contributed by atoms with van der Waals surface area (Å²) in [6, 6.07) is 4.73. The normalized spacial score (nSPS) is 13.0. The summed E-state index contributed by atoms with van der Waals surface area (Å²) in [5, 5.41) is 9.24. The Morgan fingerprint density at radius 2 is 2.25 bits per heavy atom. The SMILES string of the molecule is O[C@@H](CCl)c1cccc(Br)c1F. The maximum atomic E-state index is 13.2. The minimum atomic E-state index is -0.941. The predicted molar refractivity (Wildman–Crippen MR) is 49.8 cm³/mol. The molecule has 0 aliphatic rings. The molecule has 0 radical (unpaired) electrons. The van der Waals surface area contributed by atoms with E-state index in [4.69, 9.17) is 11.6 Å². The van der Waals surface area contributed by atoms with Crippen molar-refractivity contribution in [3.05, 3.63) is 34.1 Å². The summed E-state index contributed by atoms with van der Waals surface area (Å²) in [6.45, 7) is 0. The molecule has 0 heterocycles. The van der Waals surface area contributed by atoms with Crippen molar-refractivity contribution in [3.63, 3.8) is 0 Å². The number of aliphatic hydroxyl groups is 1. The van der Waals surface area contributed by atoms with E-state index in [9.17, 15) is 9.50 Å². The van der Waals surface area contributed by atoms with Crippen LogP contribution in [0.1, 0.15) is 11.7 Å². The van der Waals surface area contributed by atoms with Gasteiger partial charge in [0.05, 0.1) is 16.5 Å². The third-order valence-corrected chi connectivity index (χ3v) is 2.39. The maximum absolute atomic E-state index is 13.2. The number of hydrogen-bond donors (Lipinski definition) is 1. The van der Waals surface area contributed by atoms with Crippen molar-refractivity contribution in [2.45, 2.75) is 6.10 Å². The van der Waals surface area contributed by atoms with Crippen LogP contribution in [0.3, 0.4) is 0 Å². The van der Waals surface area contributed by atoms with Crippen molar-refractivity contribution in [3.8, 4) is 0 Å². The van der Waals surface area contributed by atoms with Crippen LogP contribution in [0.25, 0.3) is 0 Å². The van der Waals surface area contributed by atoms with Crippen molar-refractivity contribution in [2.75, 3.05) is 5.88 Å². The van der Waals surface area contributed by atoms with Crippen molar-refractivity contribution in [1.29, 1.82) is 0 Å². The minimum Gasteiger partial charge on any atom is -0.387 e. The molecule has 1 N–H and O–H groups in total. The highest BCUT2D eigenvalue weighted by atomic mass is 79.9. The topological polar surface area (TPSA) is 20.2 Å². The molecule has 1 atom stereocenters. The molecular weight excluding hydrogens is 246 g/mol. The van der Waals surface area contributed by atoms with Crippen molar-refractivity contribution < 1.29 is 9.50 Å². The Bertz CT molecular complexity index is 280. The molecule has 0 unspecified atom stereocenters. The molecule has 0 saturated carbocycles. The third kappa shape index (κ3) is 1.97. The highest BCUT2D eigenvalue weighted by Crippen LogP contribution is 2.24. The van der Waals surface area contributed by atoms with E-state index < -0.39 is 11.9 Å². The first-order chi connectivity index (χ1) is 5.66. The Morgan fingerprint density at radius 1 is 1.58 bits per heavy atom. The van der Waals surface area contributed by atoms with Crippen LogP contribution in [0, 0.1) is 5.82 Å². The van der Waals surface area contributed by atoms with Gasteiger partial charge in [0.2, 0.25) is 0 Å². The van der Waals surface area contributed by atoms with Gasteiger partial charge < -0.3 is 5.11 Å². The van der Waals surface area contributed by atoms with Gasteiger partial charge in [-0.15, -0.1) is 11.6 Å². The van der Waals surface area contributed by atoms with Crippen molar-refractivity contribution in [2.24, 2.45) is 0 Å². The fraction of sp³-hybridized carbons (Fsp3) is 0.250. The smallest absolute Gasteiger partial charge is 0.143 e. The van der Waals surface area contributed by atoms with Crippen LogP contribution in [-0.2, 0) is 0 Å². The molecule has 0 aliphatic carbocycles. The van der Waals surface area contributed by atoms with E-state index in [1.165, 1.54) is 6.07 Å². The summed E-state index contributed by atoms with van der Waals surface area (Å²) in [4.78, 5) is 0. The lowest BCUT2D eigenvalue weighted by Crippen LogP contribution is -2.01. The zero-order valence-corrected chi connectivity index (χ0v) is 8.44. The lowest BCUT2D eigenvalue weighted by Gasteiger charge is -2.08. The number of halogens is 3. The lowest BCUT2D eigenvalue weighted by molar-refractivity contribution is 0.197. The van der Waals surface area contributed by atoms with Crippen LogP contribution in [-0.4, -0.2) is 11.0 Å². The van der Waals surface area contributed by atoms with E-state index in [-0.39, 0.29) is 11.4 Å². The molecule has 0 saturated heterocycles. The van der Waals surface area contributed by atoms with Crippen LogP contribution in [0.4, 0.5) is 4.39 Å². The zero-order chi connectivity index (χ0) is 9.14. The second-order valence-electron chi connectivity index (χ2n) is 2.31. The predicted octanol–water partition coefficient (Wildman–Crippen LogP) is 2.86. The summed E-state index contributed by atoms with van der Waals surface area (Å²) in [7, 11) is 0. The number of hydrogen-bond acceptors (Lipinski definition) is 1. The molecule has 4 heteroatoms. The van der Waals surface area contributed by atoms with E-state index >= 15 is 0 Å². The molecule has 12 heavy (non-hydrogen) atoms. The minimum absolute atomic E-state index is 0.00657. The summed E-state index contributed by atoms with van der Waals surface area (Å²) >= 11 is 8.39. The fourth-order valence-corrected chi connectivity index (χ4v) is 1.41. The molecule has 0 bridgehead atoms. The summed E-state index contributed by atoms with van der Waals surface area (Å²) in [6.07, 6.45) is -0.941. The Balaban J connectivity index is 3.07. The monoisotopic (exact) mass is 252 g/mol. The molecule has 1 aromatic carbocycles. The van der Waals surface area contributed by atoms with E-state index in [2.05, 4.69) is 15.9 Å². The molecular formula is C8H7BrClFO. The average Bonchev–Trinajstić information content (AvgIpc) is 2.08. The van der Waals surface area contributed by atoms with Crippen LogP contribution in [0.15, 0.2) is 22.7 Å². The van der Waals surface area contributed by atoms with Crippen LogP contribution >= 0.6 is 27.5 Å². The Hall–Kier alpha value is -0.120. The van der Waals surface area contributed by atoms with Gasteiger partial charge in [-0.1, -0.05) is 12.1 Å². The molecule has 0 spiro atoms. The van der Waals surface area contributed by atoms with Gasteiger partial charge in [-0.3, -0.25) is 0 Å². The Kier molecular flexibility index (Phi) is 3.50. The van der Waals surface area contributed by atoms with Gasteiger partial charge >= 0.3 is 0 Å². The van der Waals surface area contributed by atoms with E-state index in [1.54, 1.807) is 12.1 Å². The number of alkyl halides is 1. The van der Waals surface area contributed by atoms with Crippen LogP contribution in [0.2, 0.25) is 0 Å². The zero-order valence-electron chi connectivity index (χ0n) is 6.10. The van der Waals surface area contributed by atoms with E-state index in [1.807, 2.05) is 0 Å². The molecule has 66 valence electrons. The molecule has 0 fully saturated rings. The number of aliphatic hydroxyl groups excluding tert-OH is 1. The molecule has 1 nitrogen and oxygen atoms in total. The maximum Gasteiger partial charge on any atom is 0.143 e. The van der Waals surface area contributed by atoms with E-state index in [0.717, 1.165) is 0 Å². The summed E-state index contributed by atoms with van der Waals surface area (Å²) in [5.41, 5.74) is 0.222. The van der Waals surface area contributed by atoms with Gasteiger partial charge in [-0.25, -0.2) is 4.39 Å². The van der Waals surface area contributed by atoms with Crippen LogP contribution in [0.5, 0.6) is 0 Å². The first-order valence-corrected chi connectivity index (χ1v) is 4.67. The van der Waals surface area contributed by atoms with Crippen molar-refractivity contribution in [1.82, 2.24) is 0 Å². The van der Waals surface area contributed by atoms with Gasteiger partial charge in [0.15, 0.2) is 0 Å². The number of rotatable bonds is 2. The molecule has 0 aliphatic heterocycles. The molecule has 1 rings (SSSR count). The van der Waals surface area contributed by atoms with Crippen LogP contribution < -0.4 is 0 Å². The standard InChI is InChI=1S/C8H7BrClFO/c9-6-3-1-2-5(8(6)11)7(12)4-10/h1-3,7,12H,4H2/t7-/m0/s1. The summed E-state index contributed by atoms with van der Waals surface area (Å²) in [5.74, 6) is -0.460. The van der Waals surface area contributed by atoms with E-state index in [0.29, 0.717) is 4.47 Å². The van der Waals surface area contributed by atoms with Gasteiger partial charge in [0.1, 0.15) is 5.82 Å². The molecule has 0 amide bonds. The second kappa shape index (κ2) is 4.21. The first-order valence-electron chi connectivity index (χ1n) is 3.34. The highest BCUT2D eigenvalue weighted by molar-refractivity contribution is 9.10. The molecule has 0 aromatic heterocycles. The Labute approximate surface area is 83.3 Å². The largest absolute Gasteiger partial charge is 0.387 e. The van der Waals surface area contributed by atoms with Gasteiger partial charge in [-0.2, -0.15) is 0 Å². The fourth-order valence-electron chi connectivity index (χ4n) is 0.861.